The van der Waals surface area contributed by atoms with Crippen molar-refractivity contribution in [3.63, 3.8) is 0 Å². The van der Waals surface area contributed by atoms with E-state index in [1.54, 1.807) is 17.7 Å². The van der Waals surface area contributed by atoms with Crippen molar-refractivity contribution in [2.45, 2.75) is 6.92 Å². The van der Waals surface area contributed by atoms with E-state index in [9.17, 15) is 4.39 Å². The molecule has 0 aliphatic heterocycles. The summed E-state index contributed by atoms with van der Waals surface area (Å²) < 4.78 is 16.7. The van der Waals surface area contributed by atoms with Crippen molar-refractivity contribution < 1.29 is 4.39 Å². The predicted molar refractivity (Wildman–Crippen MR) is 104 cm³/mol. The SMILES string of the molecule is Cc1c(F)c(N=C(c2ccccc2)c2ccccc2)cc2cn(C)nc12. The summed E-state index contributed by atoms with van der Waals surface area (Å²) >= 11 is 0. The highest BCUT2D eigenvalue weighted by Gasteiger charge is 2.14. The summed E-state index contributed by atoms with van der Waals surface area (Å²) in [5, 5.41) is 5.22. The number of aromatic nitrogens is 2. The standard InChI is InChI=1S/C22H18FN3/c1-15-20(23)19(13-18-14-26(2)25-21(15)18)24-22(16-9-5-3-6-10-16)17-11-7-4-8-12-17/h3-14H,1-2H3. The van der Waals surface area contributed by atoms with E-state index in [0.717, 1.165) is 22.2 Å². The minimum atomic E-state index is -0.333. The Kier molecular flexibility index (Phi) is 4.09. The molecule has 4 aromatic rings. The number of aliphatic imine (C=N–C) groups is 1. The fraction of sp³-hybridized carbons (Fsp3) is 0.0909. The summed E-state index contributed by atoms with van der Waals surface area (Å²) in [4.78, 5) is 4.72. The number of fused-ring (bicyclic) bond motifs is 1. The molecule has 0 saturated heterocycles. The Hall–Kier alpha value is -3.27. The number of hydrogen-bond donors (Lipinski definition) is 0. The third kappa shape index (κ3) is 2.90. The van der Waals surface area contributed by atoms with Crippen LogP contribution in [0.1, 0.15) is 16.7 Å². The molecule has 0 aliphatic carbocycles. The fourth-order valence-electron chi connectivity index (χ4n) is 3.10. The van der Waals surface area contributed by atoms with E-state index in [2.05, 4.69) is 5.10 Å². The zero-order valence-electron chi connectivity index (χ0n) is 14.6. The molecular weight excluding hydrogens is 325 g/mol. The molecule has 3 nitrogen and oxygen atoms in total. The van der Waals surface area contributed by atoms with Crippen LogP contribution in [0.15, 0.2) is 77.9 Å². The average molecular weight is 343 g/mol. The molecule has 4 rings (SSSR count). The fourth-order valence-corrected chi connectivity index (χ4v) is 3.10. The molecular formula is C22H18FN3. The number of nitrogens with zero attached hydrogens (tertiary/aromatic N) is 3. The Labute approximate surface area is 151 Å². The van der Waals surface area contributed by atoms with Gasteiger partial charge in [-0.05, 0) is 13.0 Å². The van der Waals surface area contributed by atoms with Crippen molar-refractivity contribution in [3.05, 3.63) is 95.4 Å². The molecule has 0 saturated carbocycles. The average Bonchev–Trinajstić information content (AvgIpc) is 3.05. The number of rotatable bonds is 3. The number of hydrogen-bond acceptors (Lipinski definition) is 2. The van der Waals surface area contributed by atoms with Gasteiger partial charge >= 0.3 is 0 Å². The highest BCUT2D eigenvalue weighted by Crippen LogP contribution is 2.30. The maximum Gasteiger partial charge on any atom is 0.153 e. The van der Waals surface area contributed by atoms with Crippen LogP contribution in [0.2, 0.25) is 0 Å². The van der Waals surface area contributed by atoms with Gasteiger partial charge in [0.25, 0.3) is 0 Å². The summed E-state index contributed by atoms with van der Waals surface area (Å²) in [5.41, 5.74) is 4.15. The van der Waals surface area contributed by atoms with E-state index >= 15 is 0 Å². The molecule has 0 N–H and O–H groups in total. The first-order valence-electron chi connectivity index (χ1n) is 8.45. The first-order chi connectivity index (χ1) is 12.6. The first kappa shape index (κ1) is 16.2. The Morgan fingerprint density at radius 2 is 1.54 bits per heavy atom. The van der Waals surface area contributed by atoms with Crippen molar-refractivity contribution in [2.75, 3.05) is 0 Å². The number of benzene rings is 3. The van der Waals surface area contributed by atoms with Crippen LogP contribution in [0.5, 0.6) is 0 Å². The Morgan fingerprint density at radius 3 is 2.12 bits per heavy atom. The van der Waals surface area contributed by atoms with E-state index in [1.807, 2.05) is 73.9 Å². The largest absolute Gasteiger partial charge is 0.275 e. The van der Waals surface area contributed by atoms with Crippen LogP contribution in [0.4, 0.5) is 10.1 Å². The zero-order valence-corrected chi connectivity index (χ0v) is 14.6. The van der Waals surface area contributed by atoms with Gasteiger partial charge in [0.1, 0.15) is 5.69 Å². The highest BCUT2D eigenvalue weighted by molar-refractivity contribution is 6.14. The summed E-state index contributed by atoms with van der Waals surface area (Å²) in [6.45, 7) is 1.74. The quantitative estimate of drug-likeness (QED) is 0.471. The predicted octanol–water partition coefficient (Wildman–Crippen LogP) is 5.19. The van der Waals surface area contributed by atoms with Crippen LogP contribution in [0, 0.1) is 12.7 Å². The lowest BCUT2D eigenvalue weighted by Gasteiger charge is -2.09. The van der Waals surface area contributed by atoms with Crippen molar-refractivity contribution in [1.29, 1.82) is 0 Å². The van der Waals surface area contributed by atoms with Gasteiger partial charge in [-0.3, -0.25) is 4.68 Å². The lowest BCUT2D eigenvalue weighted by atomic mass is 10.0. The molecule has 0 radical (unpaired) electrons. The second kappa shape index (κ2) is 6.56. The van der Waals surface area contributed by atoms with E-state index in [0.29, 0.717) is 16.8 Å². The topological polar surface area (TPSA) is 30.2 Å². The van der Waals surface area contributed by atoms with Gasteiger partial charge in [-0.1, -0.05) is 60.7 Å². The van der Waals surface area contributed by atoms with Crippen molar-refractivity contribution >= 4 is 22.3 Å². The molecule has 0 atom stereocenters. The summed E-state index contributed by atoms with van der Waals surface area (Å²) in [7, 11) is 1.83. The van der Waals surface area contributed by atoms with Crippen LogP contribution in [0.25, 0.3) is 10.9 Å². The third-order valence-corrected chi connectivity index (χ3v) is 4.39. The molecule has 26 heavy (non-hydrogen) atoms. The Balaban J connectivity index is 1.96. The van der Waals surface area contributed by atoms with Gasteiger partial charge in [-0.15, -0.1) is 0 Å². The smallest absolute Gasteiger partial charge is 0.153 e. The molecule has 0 amide bonds. The summed E-state index contributed by atoms with van der Waals surface area (Å²) in [6, 6.07) is 21.4. The molecule has 0 fully saturated rings. The molecule has 0 unspecified atom stereocenters. The lowest BCUT2D eigenvalue weighted by Crippen LogP contribution is -2.03. The zero-order chi connectivity index (χ0) is 18.1. The number of aryl methyl sites for hydroxylation is 2. The monoisotopic (exact) mass is 343 g/mol. The van der Waals surface area contributed by atoms with Gasteiger partial charge in [0.15, 0.2) is 5.82 Å². The summed E-state index contributed by atoms with van der Waals surface area (Å²) in [6.07, 6.45) is 1.88. The van der Waals surface area contributed by atoms with E-state index in [-0.39, 0.29) is 5.82 Å². The van der Waals surface area contributed by atoms with Crippen molar-refractivity contribution in [1.82, 2.24) is 9.78 Å². The van der Waals surface area contributed by atoms with Gasteiger partial charge in [-0.25, -0.2) is 9.38 Å². The first-order valence-corrected chi connectivity index (χ1v) is 8.45. The normalized spacial score (nSPS) is 10.9. The highest BCUT2D eigenvalue weighted by atomic mass is 19.1. The molecule has 1 aromatic heterocycles. The van der Waals surface area contributed by atoms with Gasteiger partial charge in [0.05, 0.1) is 11.2 Å². The molecule has 0 aliphatic rings. The second-order valence-electron chi connectivity index (χ2n) is 6.27. The van der Waals surface area contributed by atoms with Crippen LogP contribution >= 0.6 is 0 Å². The van der Waals surface area contributed by atoms with Gasteiger partial charge in [0, 0.05) is 35.3 Å². The minimum absolute atomic E-state index is 0.325. The van der Waals surface area contributed by atoms with Gasteiger partial charge < -0.3 is 0 Å². The molecule has 128 valence electrons. The van der Waals surface area contributed by atoms with Crippen LogP contribution in [0.3, 0.4) is 0 Å². The maximum absolute atomic E-state index is 15.0. The molecule has 0 spiro atoms. The van der Waals surface area contributed by atoms with E-state index in [1.165, 1.54) is 0 Å². The molecule has 0 bridgehead atoms. The molecule has 4 heteroatoms. The minimum Gasteiger partial charge on any atom is -0.275 e. The van der Waals surface area contributed by atoms with Crippen LogP contribution in [-0.4, -0.2) is 15.5 Å². The summed E-state index contributed by atoms with van der Waals surface area (Å²) in [5.74, 6) is -0.333. The van der Waals surface area contributed by atoms with Gasteiger partial charge in [0.2, 0.25) is 0 Å². The number of halogens is 1. The Morgan fingerprint density at radius 1 is 0.962 bits per heavy atom. The van der Waals surface area contributed by atoms with E-state index < -0.39 is 0 Å². The van der Waals surface area contributed by atoms with E-state index in [4.69, 9.17) is 4.99 Å². The second-order valence-corrected chi connectivity index (χ2v) is 6.27. The molecule has 3 aromatic carbocycles. The van der Waals surface area contributed by atoms with Crippen LogP contribution in [-0.2, 0) is 7.05 Å². The Bertz CT molecular complexity index is 1060. The van der Waals surface area contributed by atoms with Crippen molar-refractivity contribution in [2.24, 2.45) is 12.0 Å². The van der Waals surface area contributed by atoms with Crippen molar-refractivity contribution in [3.8, 4) is 0 Å². The maximum atomic E-state index is 15.0. The van der Waals surface area contributed by atoms with Crippen LogP contribution < -0.4 is 0 Å². The lowest BCUT2D eigenvalue weighted by molar-refractivity contribution is 0.622. The van der Waals surface area contributed by atoms with Gasteiger partial charge in [-0.2, -0.15) is 5.10 Å². The third-order valence-electron chi connectivity index (χ3n) is 4.39. The molecule has 1 heterocycles.